The predicted molar refractivity (Wildman–Crippen MR) is 59.6 cm³/mol. The van der Waals surface area contributed by atoms with Crippen molar-refractivity contribution in [2.24, 2.45) is 0 Å². The van der Waals surface area contributed by atoms with Crippen LogP contribution in [0, 0.1) is 0 Å². The van der Waals surface area contributed by atoms with Crippen molar-refractivity contribution in [3.8, 4) is 0 Å². The van der Waals surface area contributed by atoms with Crippen LogP contribution in [0.2, 0.25) is 0 Å². The van der Waals surface area contributed by atoms with Crippen LogP contribution in [0.4, 0.5) is 0 Å². The second-order valence-corrected chi connectivity index (χ2v) is 3.68. The molecule has 1 saturated heterocycles. The average Bonchev–Trinajstić information content (AvgIpc) is 2.69. The van der Waals surface area contributed by atoms with Gasteiger partial charge in [-0.15, -0.1) is 0 Å². The summed E-state index contributed by atoms with van der Waals surface area (Å²) in [6, 6.07) is 0. The smallest absolute Gasteiger partial charge is 0.328 e. The van der Waals surface area contributed by atoms with Gasteiger partial charge in [0, 0.05) is 39.0 Å². The van der Waals surface area contributed by atoms with E-state index in [0.29, 0.717) is 19.7 Å². The van der Waals surface area contributed by atoms with E-state index < -0.39 is 5.97 Å². The first kappa shape index (κ1) is 13.7. The number of nitrogens with zero attached hydrogens (tertiary/aromatic N) is 1. The summed E-state index contributed by atoms with van der Waals surface area (Å²) >= 11 is 0. The number of carbonyl (C=O) groups excluding carboxylic acids is 1. The Kier molecular flexibility index (Phi) is 5.11. The maximum Gasteiger partial charge on any atom is 0.328 e. The Hall–Kier alpha value is -1.40. The quantitative estimate of drug-likeness (QED) is 0.682. The van der Waals surface area contributed by atoms with E-state index in [1.54, 1.807) is 7.11 Å². The van der Waals surface area contributed by atoms with E-state index in [9.17, 15) is 9.59 Å². The largest absolute Gasteiger partial charge is 0.478 e. The fourth-order valence-corrected chi connectivity index (χ4v) is 1.77. The Morgan fingerprint density at radius 2 is 2.00 bits per heavy atom. The lowest BCUT2D eigenvalue weighted by atomic mass is 10.2. The lowest BCUT2D eigenvalue weighted by Crippen LogP contribution is -2.29. The van der Waals surface area contributed by atoms with Gasteiger partial charge >= 0.3 is 5.97 Å². The molecule has 6 heteroatoms. The summed E-state index contributed by atoms with van der Waals surface area (Å²) < 4.78 is 10.7. The number of ether oxygens (including phenoxy) is 2. The highest BCUT2D eigenvalue weighted by Gasteiger charge is 2.35. The van der Waals surface area contributed by atoms with E-state index in [2.05, 4.69) is 0 Å². The van der Waals surface area contributed by atoms with Gasteiger partial charge in [-0.1, -0.05) is 0 Å². The summed E-state index contributed by atoms with van der Waals surface area (Å²) in [5, 5.41) is 8.43. The Bertz CT molecular complexity index is 315. The number of hydrogen-bond donors (Lipinski definition) is 1. The molecule has 1 amide bonds. The molecule has 1 heterocycles. The number of carboxylic acid groups (broad SMARTS) is 1. The molecule has 0 bridgehead atoms. The topological polar surface area (TPSA) is 76.1 Å². The van der Waals surface area contributed by atoms with Crippen LogP contribution in [0.1, 0.15) is 6.92 Å². The van der Waals surface area contributed by atoms with Gasteiger partial charge in [-0.3, -0.25) is 4.79 Å². The molecular weight excluding hydrogens is 226 g/mol. The summed E-state index contributed by atoms with van der Waals surface area (Å²) in [7, 11) is 1.57. The summed E-state index contributed by atoms with van der Waals surface area (Å²) in [6.45, 7) is 3.28. The number of carbonyl (C=O) groups is 2. The third-order valence-electron chi connectivity index (χ3n) is 2.58. The highest BCUT2D eigenvalue weighted by molar-refractivity contribution is 5.94. The number of amides is 1. The van der Waals surface area contributed by atoms with Crippen LogP contribution in [-0.4, -0.2) is 60.9 Å². The first-order valence-electron chi connectivity index (χ1n) is 5.42. The van der Waals surface area contributed by atoms with Gasteiger partial charge in [-0.25, -0.2) is 4.79 Å². The van der Waals surface area contributed by atoms with Crippen molar-refractivity contribution in [2.75, 3.05) is 26.8 Å². The van der Waals surface area contributed by atoms with Crippen molar-refractivity contribution >= 4 is 11.9 Å². The fourth-order valence-electron chi connectivity index (χ4n) is 1.77. The summed E-state index contributed by atoms with van der Waals surface area (Å²) in [5.41, 5.74) is 0. The first-order chi connectivity index (χ1) is 8.08. The monoisotopic (exact) mass is 243 g/mol. The minimum absolute atomic E-state index is 0.146. The molecule has 1 fully saturated rings. The summed E-state index contributed by atoms with van der Waals surface area (Å²) in [5.74, 6) is -1.47. The van der Waals surface area contributed by atoms with Crippen LogP contribution >= 0.6 is 0 Å². The third-order valence-corrected chi connectivity index (χ3v) is 2.58. The fraction of sp³-hybridized carbons (Fsp3) is 0.636. The van der Waals surface area contributed by atoms with E-state index in [0.717, 1.165) is 12.2 Å². The molecule has 0 unspecified atom stereocenters. The molecular formula is C11H17NO5. The molecule has 1 aliphatic rings. The Balaban J connectivity index is 2.57. The SMILES string of the molecule is CCO[C@@H]1CN(C(=O)/C=C/C(=O)O)C[C@H]1OC. The zero-order valence-electron chi connectivity index (χ0n) is 9.96. The molecule has 0 aliphatic carbocycles. The van der Waals surface area contributed by atoms with Gasteiger partial charge in [0.05, 0.1) is 0 Å². The molecule has 1 N–H and O–H groups in total. The van der Waals surface area contributed by atoms with Crippen molar-refractivity contribution in [3.63, 3.8) is 0 Å². The number of rotatable bonds is 5. The normalized spacial score (nSPS) is 24.5. The van der Waals surface area contributed by atoms with Crippen molar-refractivity contribution in [1.29, 1.82) is 0 Å². The lowest BCUT2D eigenvalue weighted by molar-refractivity contribution is -0.132. The molecule has 96 valence electrons. The van der Waals surface area contributed by atoms with E-state index >= 15 is 0 Å². The predicted octanol–water partition coefficient (Wildman–Crippen LogP) is -0.110. The summed E-state index contributed by atoms with van der Waals surface area (Å²) in [4.78, 5) is 23.4. The van der Waals surface area contributed by atoms with Gasteiger partial charge < -0.3 is 19.5 Å². The van der Waals surface area contributed by atoms with Gasteiger partial charge in [-0.05, 0) is 6.92 Å². The molecule has 0 aromatic rings. The molecule has 1 rings (SSSR count). The minimum Gasteiger partial charge on any atom is -0.478 e. The molecule has 0 saturated carbocycles. The van der Waals surface area contributed by atoms with Crippen LogP contribution in [0.5, 0.6) is 0 Å². The van der Waals surface area contributed by atoms with Crippen LogP contribution in [0.3, 0.4) is 0 Å². The lowest BCUT2D eigenvalue weighted by Gasteiger charge is -2.15. The number of hydrogen-bond acceptors (Lipinski definition) is 4. The van der Waals surface area contributed by atoms with Crippen molar-refractivity contribution < 1.29 is 24.2 Å². The maximum absolute atomic E-state index is 11.6. The number of aliphatic carboxylic acids is 1. The maximum atomic E-state index is 11.6. The van der Waals surface area contributed by atoms with Gasteiger partial charge in [0.15, 0.2) is 0 Å². The molecule has 0 radical (unpaired) electrons. The van der Waals surface area contributed by atoms with E-state index in [1.807, 2.05) is 6.92 Å². The Morgan fingerprint density at radius 1 is 1.35 bits per heavy atom. The van der Waals surface area contributed by atoms with Gasteiger partial charge in [0.1, 0.15) is 12.2 Å². The average molecular weight is 243 g/mol. The van der Waals surface area contributed by atoms with Crippen molar-refractivity contribution in [2.45, 2.75) is 19.1 Å². The molecule has 0 aromatic carbocycles. The van der Waals surface area contributed by atoms with Crippen LogP contribution in [0.25, 0.3) is 0 Å². The standard InChI is InChI=1S/C11H17NO5/c1-3-17-9-7-12(6-8(9)16-2)10(13)4-5-11(14)15/h4-5,8-9H,3,6-7H2,1-2H3,(H,14,15)/b5-4+/t8-,9-/m1/s1. The highest BCUT2D eigenvalue weighted by atomic mass is 16.5. The van der Waals surface area contributed by atoms with Crippen LogP contribution < -0.4 is 0 Å². The zero-order valence-corrected chi connectivity index (χ0v) is 9.96. The van der Waals surface area contributed by atoms with E-state index in [-0.39, 0.29) is 18.1 Å². The van der Waals surface area contributed by atoms with Crippen molar-refractivity contribution in [3.05, 3.63) is 12.2 Å². The zero-order chi connectivity index (χ0) is 12.8. The number of methoxy groups -OCH3 is 1. The molecule has 1 aliphatic heterocycles. The number of likely N-dealkylation sites (tertiary alicyclic amines) is 1. The third kappa shape index (κ3) is 3.83. The number of carboxylic acids is 1. The second kappa shape index (κ2) is 6.36. The van der Waals surface area contributed by atoms with Gasteiger partial charge in [0.25, 0.3) is 0 Å². The van der Waals surface area contributed by atoms with Crippen molar-refractivity contribution in [1.82, 2.24) is 4.90 Å². The molecule has 6 nitrogen and oxygen atoms in total. The van der Waals surface area contributed by atoms with Crippen LogP contribution in [0.15, 0.2) is 12.2 Å². The van der Waals surface area contributed by atoms with Gasteiger partial charge in [-0.2, -0.15) is 0 Å². The first-order valence-corrected chi connectivity index (χ1v) is 5.42. The van der Waals surface area contributed by atoms with Gasteiger partial charge in [0.2, 0.25) is 5.91 Å². The molecule has 2 atom stereocenters. The Morgan fingerprint density at radius 3 is 2.53 bits per heavy atom. The second-order valence-electron chi connectivity index (χ2n) is 3.68. The minimum atomic E-state index is -1.14. The van der Waals surface area contributed by atoms with Crippen LogP contribution in [-0.2, 0) is 19.1 Å². The van der Waals surface area contributed by atoms with E-state index in [1.165, 1.54) is 4.90 Å². The Labute approximate surface area is 99.8 Å². The van der Waals surface area contributed by atoms with E-state index in [4.69, 9.17) is 14.6 Å². The molecule has 0 aromatic heterocycles. The summed E-state index contributed by atoms with van der Waals surface area (Å²) in [6.07, 6.45) is 1.57. The molecule has 17 heavy (non-hydrogen) atoms. The highest BCUT2D eigenvalue weighted by Crippen LogP contribution is 2.16. The molecule has 0 spiro atoms.